The number of halogens is 1. The number of nitrogens with zero attached hydrogens (tertiary/aromatic N) is 3. The smallest absolute Gasteiger partial charge is 0.226 e. The van der Waals surface area contributed by atoms with Crippen LogP contribution in [0.15, 0.2) is 23.8 Å². The lowest BCUT2D eigenvalue weighted by Crippen LogP contribution is -2.20. The Bertz CT molecular complexity index is 801. The first kappa shape index (κ1) is 16.0. The van der Waals surface area contributed by atoms with E-state index < -0.39 is 0 Å². The van der Waals surface area contributed by atoms with E-state index in [0.29, 0.717) is 0 Å². The van der Waals surface area contributed by atoms with Gasteiger partial charge in [0.05, 0.1) is 5.39 Å². The standard InChI is InChI=1S/C17H22ClN5/c1-10(19)8-13-11(2)14-15(20-9-12-6-4-5-7-12)21-17(18)22-16(14)23(13)3/h4-6,10H,7-9,19H2,1-3H3,(H,20,21,22)/t10-/m0/s1. The number of hydrogen-bond donors (Lipinski definition) is 2. The van der Waals surface area contributed by atoms with Crippen molar-refractivity contribution in [2.24, 2.45) is 12.8 Å². The predicted octanol–water partition coefficient (Wildman–Crippen LogP) is 3.12. The highest BCUT2D eigenvalue weighted by Crippen LogP contribution is 2.30. The quantitative estimate of drug-likeness (QED) is 0.826. The van der Waals surface area contributed by atoms with E-state index in [1.54, 1.807) is 0 Å². The van der Waals surface area contributed by atoms with E-state index in [4.69, 9.17) is 17.3 Å². The molecule has 6 heteroatoms. The molecular weight excluding hydrogens is 310 g/mol. The number of anilines is 1. The molecule has 1 aliphatic rings. The number of aryl methyl sites for hydroxylation is 2. The first-order valence-corrected chi connectivity index (χ1v) is 8.20. The zero-order chi connectivity index (χ0) is 16.6. The molecule has 0 fully saturated rings. The van der Waals surface area contributed by atoms with Crippen LogP contribution in [-0.4, -0.2) is 27.1 Å². The molecule has 3 rings (SSSR count). The first-order chi connectivity index (χ1) is 11.0. The number of allylic oxidation sites excluding steroid dienone is 3. The van der Waals surface area contributed by atoms with Crippen LogP contribution in [0.4, 0.5) is 5.82 Å². The second kappa shape index (κ2) is 6.34. The lowest BCUT2D eigenvalue weighted by molar-refractivity contribution is 0.691. The second-order valence-electron chi connectivity index (χ2n) is 6.16. The highest BCUT2D eigenvalue weighted by molar-refractivity contribution is 6.28. The number of aromatic nitrogens is 3. The van der Waals surface area contributed by atoms with Gasteiger partial charge in [-0.3, -0.25) is 0 Å². The van der Waals surface area contributed by atoms with Crippen molar-refractivity contribution < 1.29 is 0 Å². The van der Waals surface area contributed by atoms with Crippen LogP contribution in [0.1, 0.15) is 24.6 Å². The fourth-order valence-corrected chi connectivity index (χ4v) is 3.24. The van der Waals surface area contributed by atoms with Gasteiger partial charge in [0.1, 0.15) is 11.5 Å². The largest absolute Gasteiger partial charge is 0.366 e. The summed E-state index contributed by atoms with van der Waals surface area (Å²) in [6.45, 7) is 4.86. The third kappa shape index (κ3) is 3.12. The molecule has 0 saturated carbocycles. The average molecular weight is 332 g/mol. The molecule has 0 aliphatic heterocycles. The second-order valence-corrected chi connectivity index (χ2v) is 6.50. The van der Waals surface area contributed by atoms with Gasteiger partial charge in [-0.1, -0.05) is 18.2 Å². The van der Waals surface area contributed by atoms with Gasteiger partial charge in [-0.25, -0.2) is 4.98 Å². The van der Waals surface area contributed by atoms with Gasteiger partial charge in [-0.15, -0.1) is 0 Å². The van der Waals surface area contributed by atoms with Crippen LogP contribution >= 0.6 is 11.6 Å². The summed E-state index contributed by atoms with van der Waals surface area (Å²) in [6.07, 6.45) is 8.14. The predicted molar refractivity (Wildman–Crippen MR) is 95.9 cm³/mol. The van der Waals surface area contributed by atoms with E-state index in [-0.39, 0.29) is 11.3 Å². The first-order valence-electron chi connectivity index (χ1n) is 7.82. The highest BCUT2D eigenvalue weighted by atomic mass is 35.5. The lowest BCUT2D eigenvalue weighted by Gasteiger charge is -2.09. The van der Waals surface area contributed by atoms with E-state index in [1.165, 1.54) is 11.3 Å². The molecule has 0 spiro atoms. The number of fused-ring (bicyclic) bond motifs is 1. The van der Waals surface area contributed by atoms with E-state index >= 15 is 0 Å². The SMILES string of the molecule is Cc1c(C[C@H](C)N)n(C)c2nc(Cl)nc(NCC3=CC=CC3)c12. The van der Waals surface area contributed by atoms with Crippen molar-refractivity contribution in [1.29, 1.82) is 0 Å². The van der Waals surface area contributed by atoms with Crippen molar-refractivity contribution in [2.45, 2.75) is 32.7 Å². The Hall–Kier alpha value is -1.85. The summed E-state index contributed by atoms with van der Waals surface area (Å²) in [6, 6.07) is 0.0891. The lowest BCUT2D eigenvalue weighted by atomic mass is 10.1. The molecule has 0 amide bonds. The third-order valence-corrected chi connectivity index (χ3v) is 4.41. The molecule has 2 aromatic rings. The third-order valence-electron chi connectivity index (χ3n) is 4.24. The molecule has 5 nitrogen and oxygen atoms in total. The monoisotopic (exact) mass is 331 g/mol. The normalized spacial score (nSPS) is 15.3. The van der Waals surface area contributed by atoms with Crippen LogP contribution in [0.5, 0.6) is 0 Å². The number of rotatable bonds is 5. The van der Waals surface area contributed by atoms with Gasteiger partial charge in [-0.2, -0.15) is 4.98 Å². The molecule has 0 radical (unpaired) electrons. The van der Waals surface area contributed by atoms with Crippen LogP contribution < -0.4 is 11.1 Å². The maximum absolute atomic E-state index is 6.13. The topological polar surface area (TPSA) is 68.8 Å². The Kier molecular flexibility index (Phi) is 4.41. The van der Waals surface area contributed by atoms with E-state index in [9.17, 15) is 0 Å². The maximum Gasteiger partial charge on any atom is 0.226 e. The Labute approximate surface area is 141 Å². The minimum atomic E-state index is 0.0891. The fraction of sp³-hybridized carbons (Fsp3) is 0.412. The van der Waals surface area contributed by atoms with Crippen LogP contribution in [0.25, 0.3) is 11.0 Å². The van der Waals surface area contributed by atoms with Crippen molar-refractivity contribution in [3.63, 3.8) is 0 Å². The summed E-state index contributed by atoms with van der Waals surface area (Å²) in [5, 5.41) is 4.70. The zero-order valence-corrected chi connectivity index (χ0v) is 14.5. The number of hydrogen-bond acceptors (Lipinski definition) is 4. The fourth-order valence-electron chi connectivity index (χ4n) is 3.08. The molecular formula is C17H22ClN5. The van der Waals surface area contributed by atoms with Crippen molar-refractivity contribution in [1.82, 2.24) is 14.5 Å². The minimum absolute atomic E-state index is 0.0891. The summed E-state index contributed by atoms with van der Waals surface area (Å²) < 4.78 is 2.07. The van der Waals surface area contributed by atoms with Gasteiger partial charge < -0.3 is 15.6 Å². The molecule has 3 N–H and O–H groups in total. The summed E-state index contributed by atoms with van der Waals surface area (Å²) in [5.41, 5.74) is 10.5. The van der Waals surface area contributed by atoms with Crippen molar-refractivity contribution >= 4 is 28.5 Å². The van der Waals surface area contributed by atoms with Gasteiger partial charge in [0.2, 0.25) is 5.28 Å². The van der Waals surface area contributed by atoms with Gasteiger partial charge in [0, 0.05) is 31.7 Å². The van der Waals surface area contributed by atoms with Crippen LogP contribution in [0, 0.1) is 6.92 Å². The summed E-state index contributed by atoms with van der Waals surface area (Å²) >= 11 is 6.13. The minimum Gasteiger partial charge on any atom is -0.366 e. The summed E-state index contributed by atoms with van der Waals surface area (Å²) in [4.78, 5) is 8.82. The van der Waals surface area contributed by atoms with Crippen molar-refractivity contribution in [2.75, 3.05) is 11.9 Å². The van der Waals surface area contributed by atoms with Crippen LogP contribution in [0.2, 0.25) is 5.28 Å². The Balaban J connectivity index is 2.02. The molecule has 0 aromatic carbocycles. The molecule has 1 aliphatic carbocycles. The molecule has 23 heavy (non-hydrogen) atoms. The molecule has 2 heterocycles. The molecule has 2 aromatic heterocycles. The molecule has 0 bridgehead atoms. The van der Waals surface area contributed by atoms with Crippen LogP contribution in [-0.2, 0) is 13.5 Å². The van der Waals surface area contributed by atoms with E-state index in [1.807, 2.05) is 14.0 Å². The zero-order valence-electron chi connectivity index (χ0n) is 13.7. The van der Waals surface area contributed by atoms with Gasteiger partial charge in [0.25, 0.3) is 0 Å². The van der Waals surface area contributed by atoms with Gasteiger partial charge >= 0.3 is 0 Å². The molecule has 1 atom stereocenters. The highest BCUT2D eigenvalue weighted by Gasteiger charge is 2.19. The Morgan fingerprint density at radius 1 is 1.43 bits per heavy atom. The summed E-state index contributed by atoms with van der Waals surface area (Å²) in [7, 11) is 2.00. The van der Waals surface area contributed by atoms with E-state index in [0.717, 1.165) is 41.8 Å². The van der Waals surface area contributed by atoms with Crippen LogP contribution in [0.3, 0.4) is 0 Å². The van der Waals surface area contributed by atoms with Gasteiger partial charge in [-0.05, 0) is 43.0 Å². The number of nitrogens with one attached hydrogen (secondary N) is 1. The Morgan fingerprint density at radius 2 is 2.22 bits per heavy atom. The molecule has 122 valence electrons. The van der Waals surface area contributed by atoms with Gasteiger partial charge in [0.15, 0.2) is 0 Å². The molecule has 0 saturated heterocycles. The van der Waals surface area contributed by atoms with Crippen molar-refractivity contribution in [3.05, 3.63) is 40.3 Å². The summed E-state index contributed by atoms with van der Waals surface area (Å²) in [5.74, 6) is 0.789. The Morgan fingerprint density at radius 3 is 2.87 bits per heavy atom. The van der Waals surface area contributed by atoms with E-state index in [2.05, 4.69) is 45.0 Å². The van der Waals surface area contributed by atoms with Crippen molar-refractivity contribution in [3.8, 4) is 0 Å². The average Bonchev–Trinajstić information content (AvgIpc) is 3.08. The molecule has 0 unspecified atom stereocenters. The maximum atomic E-state index is 6.13. The number of nitrogens with two attached hydrogens (primary N) is 1.